The van der Waals surface area contributed by atoms with Gasteiger partial charge in [-0.15, -0.1) is 0 Å². The first kappa shape index (κ1) is 12.2. The van der Waals surface area contributed by atoms with Crippen molar-refractivity contribution in [3.63, 3.8) is 0 Å². The second-order valence-electron chi connectivity index (χ2n) is 4.96. The molecule has 0 bridgehead atoms. The quantitative estimate of drug-likeness (QED) is 0.819. The first-order valence-electron chi connectivity index (χ1n) is 6.21. The van der Waals surface area contributed by atoms with Crippen LogP contribution in [0.5, 0.6) is 5.75 Å². The smallest absolute Gasteiger partial charge is 0.145 e. The van der Waals surface area contributed by atoms with Crippen LogP contribution >= 0.6 is 0 Å². The molecule has 1 aliphatic rings. The van der Waals surface area contributed by atoms with Crippen LogP contribution in [0.2, 0.25) is 0 Å². The Bertz CT molecular complexity index is 380. The molecule has 17 heavy (non-hydrogen) atoms. The molecule has 1 aromatic rings. The number of aryl methyl sites for hydroxylation is 2. The van der Waals surface area contributed by atoms with E-state index in [4.69, 9.17) is 15.2 Å². The molecular formula is C14H21NO2. The SMILES string of the molecule is Cc1cc(C)c(OCC2CCC(C)O2)c(N)c1. The van der Waals surface area contributed by atoms with Crippen LogP contribution in [0.15, 0.2) is 12.1 Å². The lowest BCUT2D eigenvalue weighted by atomic mass is 10.1. The van der Waals surface area contributed by atoms with E-state index in [1.807, 2.05) is 19.9 Å². The Labute approximate surface area is 103 Å². The molecule has 94 valence electrons. The number of benzene rings is 1. The van der Waals surface area contributed by atoms with E-state index in [2.05, 4.69) is 13.0 Å². The summed E-state index contributed by atoms with van der Waals surface area (Å²) in [6.45, 7) is 6.76. The Morgan fingerprint density at radius 1 is 1.35 bits per heavy atom. The van der Waals surface area contributed by atoms with Gasteiger partial charge in [0.05, 0.1) is 17.9 Å². The van der Waals surface area contributed by atoms with E-state index >= 15 is 0 Å². The first-order valence-corrected chi connectivity index (χ1v) is 6.21. The zero-order valence-corrected chi connectivity index (χ0v) is 10.8. The van der Waals surface area contributed by atoms with Gasteiger partial charge in [-0.2, -0.15) is 0 Å². The Kier molecular flexibility index (Phi) is 3.57. The van der Waals surface area contributed by atoms with Crippen LogP contribution < -0.4 is 10.5 Å². The lowest BCUT2D eigenvalue weighted by Gasteiger charge is -2.16. The van der Waals surface area contributed by atoms with Gasteiger partial charge in [0.1, 0.15) is 12.4 Å². The minimum Gasteiger partial charge on any atom is -0.488 e. The monoisotopic (exact) mass is 235 g/mol. The summed E-state index contributed by atoms with van der Waals surface area (Å²) in [5, 5.41) is 0. The number of nitrogen functional groups attached to an aromatic ring is 1. The summed E-state index contributed by atoms with van der Waals surface area (Å²) in [4.78, 5) is 0. The number of anilines is 1. The fourth-order valence-corrected chi connectivity index (χ4v) is 2.37. The maximum absolute atomic E-state index is 5.97. The number of rotatable bonds is 3. The highest BCUT2D eigenvalue weighted by Gasteiger charge is 2.22. The van der Waals surface area contributed by atoms with Gasteiger partial charge in [-0.3, -0.25) is 0 Å². The summed E-state index contributed by atoms with van der Waals surface area (Å²) in [5.41, 5.74) is 8.94. The molecule has 3 nitrogen and oxygen atoms in total. The van der Waals surface area contributed by atoms with Gasteiger partial charge >= 0.3 is 0 Å². The predicted molar refractivity (Wildman–Crippen MR) is 69.4 cm³/mol. The molecule has 1 heterocycles. The lowest BCUT2D eigenvalue weighted by molar-refractivity contribution is 0.0265. The van der Waals surface area contributed by atoms with Crippen molar-refractivity contribution in [2.24, 2.45) is 0 Å². The van der Waals surface area contributed by atoms with Crippen molar-refractivity contribution in [2.45, 2.75) is 45.8 Å². The number of hydrogen-bond acceptors (Lipinski definition) is 3. The zero-order valence-electron chi connectivity index (χ0n) is 10.8. The molecule has 0 aliphatic carbocycles. The van der Waals surface area contributed by atoms with Gasteiger partial charge in [0.2, 0.25) is 0 Å². The van der Waals surface area contributed by atoms with E-state index in [1.165, 1.54) is 0 Å². The van der Waals surface area contributed by atoms with Crippen molar-refractivity contribution in [3.05, 3.63) is 23.3 Å². The molecule has 1 aliphatic heterocycles. The van der Waals surface area contributed by atoms with Crippen LogP contribution in [-0.2, 0) is 4.74 Å². The van der Waals surface area contributed by atoms with Crippen molar-refractivity contribution in [2.75, 3.05) is 12.3 Å². The summed E-state index contributed by atoms with van der Waals surface area (Å²) >= 11 is 0. The van der Waals surface area contributed by atoms with Gasteiger partial charge in [-0.25, -0.2) is 0 Å². The molecule has 1 fully saturated rings. The third-order valence-electron chi connectivity index (χ3n) is 3.18. The fourth-order valence-electron chi connectivity index (χ4n) is 2.37. The van der Waals surface area contributed by atoms with Gasteiger partial charge < -0.3 is 15.2 Å². The highest BCUT2D eigenvalue weighted by Crippen LogP contribution is 2.28. The van der Waals surface area contributed by atoms with Crippen LogP contribution in [0.1, 0.15) is 30.9 Å². The summed E-state index contributed by atoms with van der Waals surface area (Å²) in [6, 6.07) is 4.03. The van der Waals surface area contributed by atoms with Crippen LogP contribution in [0.4, 0.5) is 5.69 Å². The maximum Gasteiger partial charge on any atom is 0.145 e. The van der Waals surface area contributed by atoms with E-state index in [9.17, 15) is 0 Å². The largest absolute Gasteiger partial charge is 0.488 e. The number of hydrogen-bond donors (Lipinski definition) is 1. The summed E-state index contributed by atoms with van der Waals surface area (Å²) in [7, 11) is 0. The Morgan fingerprint density at radius 3 is 2.71 bits per heavy atom. The number of ether oxygens (including phenoxy) is 2. The van der Waals surface area contributed by atoms with E-state index in [0.29, 0.717) is 18.4 Å². The van der Waals surface area contributed by atoms with Crippen LogP contribution in [-0.4, -0.2) is 18.8 Å². The second-order valence-corrected chi connectivity index (χ2v) is 4.96. The van der Waals surface area contributed by atoms with Gasteiger partial charge in [0.15, 0.2) is 0 Å². The maximum atomic E-state index is 5.97. The molecule has 2 rings (SSSR count). The molecule has 0 aromatic heterocycles. The number of nitrogens with two attached hydrogens (primary N) is 1. The third kappa shape index (κ3) is 2.91. The molecule has 3 heteroatoms. The topological polar surface area (TPSA) is 44.5 Å². The van der Waals surface area contributed by atoms with Gasteiger partial charge in [0.25, 0.3) is 0 Å². The Balaban J connectivity index is 1.99. The first-order chi connectivity index (χ1) is 8.06. The molecule has 2 atom stereocenters. The average Bonchev–Trinajstić information content (AvgIpc) is 2.62. The van der Waals surface area contributed by atoms with E-state index in [1.54, 1.807) is 0 Å². The Morgan fingerprint density at radius 2 is 2.12 bits per heavy atom. The van der Waals surface area contributed by atoms with E-state index in [0.717, 1.165) is 29.7 Å². The molecular weight excluding hydrogens is 214 g/mol. The van der Waals surface area contributed by atoms with Gasteiger partial charge in [-0.05, 0) is 50.8 Å². The predicted octanol–water partition coefficient (Wildman–Crippen LogP) is 2.83. The Hall–Kier alpha value is -1.22. The minimum atomic E-state index is 0.213. The van der Waals surface area contributed by atoms with Crippen molar-refractivity contribution >= 4 is 5.69 Å². The molecule has 0 radical (unpaired) electrons. The summed E-state index contributed by atoms with van der Waals surface area (Å²) < 4.78 is 11.5. The van der Waals surface area contributed by atoms with E-state index in [-0.39, 0.29) is 6.10 Å². The van der Waals surface area contributed by atoms with Gasteiger partial charge in [-0.1, -0.05) is 6.07 Å². The molecule has 1 saturated heterocycles. The summed E-state index contributed by atoms with van der Waals surface area (Å²) in [6.07, 6.45) is 2.77. The lowest BCUT2D eigenvalue weighted by Crippen LogP contribution is -2.18. The van der Waals surface area contributed by atoms with Crippen LogP contribution in [0, 0.1) is 13.8 Å². The molecule has 1 aromatic carbocycles. The highest BCUT2D eigenvalue weighted by atomic mass is 16.5. The molecule has 0 saturated carbocycles. The van der Waals surface area contributed by atoms with Crippen LogP contribution in [0.3, 0.4) is 0 Å². The standard InChI is InChI=1S/C14H21NO2/c1-9-6-10(2)14(13(15)7-9)16-8-12-5-4-11(3)17-12/h6-7,11-12H,4-5,8,15H2,1-3H3. The van der Waals surface area contributed by atoms with Crippen molar-refractivity contribution < 1.29 is 9.47 Å². The molecule has 2 N–H and O–H groups in total. The molecule has 0 spiro atoms. The minimum absolute atomic E-state index is 0.213. The van der Waals surface area contributed by atoms with Gasteiger partial charge in [0, 0.05) is 0 Å². The van der Waals surface area contributed by atoms with Crippen molar-refractivity contribution in [1.29, 1.82) is 0 Å². The highest BCUT2D eigenvalue weighted by molar-refractivity contribution is 5.58. The van der Waals surface area contributed by atoms with Crippen molar-refractivity contribution in [3.8, 4) is 5.75 Å². The zero-order chi connectivity index (χ0) is 12.4. The normalized spacial score (nSPS) is 23.9. The van der Waals surface area contributed by atoms with Crippen molar-refractivity contribution in [1.82, 2.24) is 0 Å². The third-order valence-corrected chi connectivity index (χ3v) is 3.18. The molecule has 2 unspecified atom stereocenters. The molecule has 0 amide bonds. The summed E-state index contributed by atoms with van der Waals surface area (Å²) in [5.74, 6) is 0.804. The average molecular weight is 235 g/mol. The van der Waals surface area contributed by atoms with E-state index < -0.39 is 0 Å². The van der Waals surface area contributed by atoms with Crippen LogP contribution in [0.25, 0.3) is 0 Å². The fraction of sp³-hybridized carbons (Fsp3) is 0.571. The second kappa shape index (κ2) is 4.96.